The molecule has 1 aliphatic heterocycles. The van der Waals surface area contributed by atoms with E-state index in [4.69, 9.17) is 0 Å². The van der Waals surface area contributed by atoms with Crippen molar-refractivity contribution in [1.82, 2.24) is 34.3 Å². The molecule has 0 aliphatic carbocycles. The maximum absolute atomic E-state index is 12.9. The summed E-state index contributed by atoms with van der Waals surface area (Å²) in [5.41, 5.74) is 5.55. The third-order valence-corrected chi connectivity index (χ3v) is 8.18. The average Bonchev–Trinajstić information content (AvgIpc) is 3.41. The number of rotatable bonds is 6. The van der Waals surface area contributed by atoms with E-state index in [9.17, 15) is 13.2 Å². The highest BCUT2D eigenvalue weighted by Crippen LogP contribution is 2.27. The van der Waals surface area contributed by atoms with Gasteiger partial charge >= 0.3 is 0 Å². The number of aromatic nitrogens is 6. The van der Waals surface area contributed by atoms with Crippen LogP contribution in [-0.4, -0.2) is 67.1 Å². The van der Waals surface area contributed by atoms with Crippen molar-refractivity contribution in [1.29, 1.82) is 0 Å². The second-order valence-electron chi connectivity index (χ2n) is 8.63. The SMILES string of the molecule is Cc1nn([C@H]2CCS(=O)(=O)C2)c(C)c1CN(C)C(=O)CCc1c(C)nc2ncnn2c1C. The van der Waals surface area contributed by atoms with Crippen molar-refractivity contribution in [2.75, 3.05) is 18.6 Å². The van der Waals surface area contributed by atoms with Crippen molar-refractivity contribution in [3.8, 4) is 0 Å². The Labute approximate surface area is 187 Å². The largest absolute Gasteiger partial charge is 0.341 e. The van der Waals surface area contributed by atoms with Crippen LogP contribution in [0.15, 0.2) is 6.33 Å². The second-order valence-corrected chi connectivity index (χ2v) is 10.9. The molecule has 0 aromatic carbocycles. The average molecular weight is 460 g/mol. The van der Waals surface area contributed by atoms with Gasteiger partial charge in [0.25, 0.3) is 5.78 Å². The zero-order chi connectivity index (χ0) is 23.2. The Kier molecular flexibility index (Phi) is 5.78. The number of fused-ring (bicyclic) bond motifs is 1. The fourth-order valence-electron chi connectivity index (χ4n) is 4.51. The Bertz CT molecular complexity index is 1290. The van der Waals surface area contributed by atoms with Crippen molar-refractivity contribution < 1.29 is 13.2 Å². The Morgan fingerprint density at radius 1 is 1.16 bits per heavy atom. The molecule has 11 heteroatoms. The van der Waals surface area contributed by atoms with E-state index < -0.39 is 9.84 Å². The van der Waals surface area contributed by atoms with Crippen molar-refractivity contribution in [2.24, 2.45) is 0 Å². The number of carbonyl (C=O) groups excluding carboxylic acids is 1. The van der Waals surface area contributed by atoms with Crippen LogP contribution in [0, 0.1) is 27.7 Å². The Hall–Kier alpha value is -2.82. The third-order valence-electron chi connectivity index (χ3n) is 6.43. The number of carbonyl (C=O) groups is 1. The monoisotopic (exact) mass is 459 g/mol. The highest BCUT2D eigenvalue weighted by atomic mass is 32.2. The molecule has 10 nitrogen and oxygen atoms in total. The van der Waals surface area contributed by atoms with Gasteiger partial charge in [0.2, 0.25) is 5.91 Å². The number of sulfone groups is 1. The minimum absolute atomic E-state index is 0.0254. The first-order chi connectivity index (χ1) is 15.1. The molecule has 3 aromatic rings. The fourth-order valence-corrected chi connectivity index (χ4v) is 6.21. The standard InChI is InChI=1S/C21H29N7O3S/c1-13-18(15(3)28-21(24-13)22-12-23-28)6-7-20(29)26(5)10-19-14(2)25-27(16(19)4)17-8-9-32(30,31)11-17/h12,17H,6-11H2,1-5H3/t17-/m0/s1. The van der Waals surface area contributed by atoms with Crippen molar-refractivity contribution >= 4 is 21.5 Å². The lowest BCUT2D eigenvalue weighted by Crippen LogP contribution is -2.27. The molecule has 0 N–H and O–H groups in total. The molecule has 0 saturated carbocycles. The van der Waals surface area contributed by atoms with Crippen LogP contribution in [0.5, 0.6) is 0 Å². The molecule has 1 saturated heterocycles. The fraction of sp³-hybridized carbons (Fsp3) is 0.571. The summed E-state index contributed by atoms with van der Waals surface area (Å²) in [5, 5.41) is 8.80. The number of nitrogens with zero attached hydrogens (tertiary/aromatic N) is 7. The van der Waals surface area contributed by atoms with E-state index in [1.165, 1.54) is 6.33 Å². The van der Waals surface area contributed by atoms with Gasteiger partial charge in [0.05, 0.1) is 23.2 Å². The van der Waals surface area contributed by atoms with Gasteiger partial charge < -0.3 is 4.90 Å². The molecular formula is C21H29N7O3S. The maximum Gasteiger partial charge on any atom is 0.252 e. The van der Waals surface area contributed by atoms with Gasteiger partial charge in [0.1, 0.15) is 6.33 Å². The number of aryl methyl sites for hydroxylation is 3. The lowest BCUT2D eigenvalue weighted by molar-refractivity contribution is -0.130. The molecular weight excluding hydrogens is 430 g/mol. The van der Waals surface area contributed by atoms with Crippen LogP contribution in [0.3, 0.4) is 0 Å². The van der Waals surface area contributed by atoms with Crippen LogP contribution >= 0.6 is 0 Å². The molecule has 4 rings (SSSR count). The van der Waals surface area contributed by atoms with Gasteiger partial charge in [0.15, 0.2) is 9.84 Å². The first-order valence-corrected chi connectivity index (χ1v) is 12.5. The minimum atomic E-state index is -2.99. The van der Waals surface area contributed by atoms with Gasteiger partial charge in [-0.3, -0.25) is 9.48 Å². The normalized spacial score (nSPS) is 17.8. The predicted octanol–water partition coefficient (Wildman–Crippen LogP) is 1.51. The molecule has 4 heterocycles. The summed E-state index contributed by atoms with van der Waals surface area (Å²) < 4.78 is 27.3. The van der Waals surface area contributed by atoms with E-state index in [0.29, 0.717) is 31.6 Å². The first kappa shape index (κ1) is 22.4. The summed E-state index contributed by atoms with van der Waals surface area (Å²) in [5.74, 6) is 0.923. The molecule has 1 fully saturated rings. The molecule has 1 atom stereocenters. The van der Waals surface area contributed by atoms with Crippen LogP contribution < -0.4 is 0 Å². The molecule has 0 bridgehead atoms. The van der Waals surface area contributed by atoms with E-state index in [-0.39, 0.29) is 23.5 Å². The van der Waals surface area contributed by atoms with Crippen molar-refractivity contribution in [2.45, 2.75) is 59.5 Å². The van der Waals surface area contributed by atoms with Crippen LogP contribution in [0.1, 0.15) is 52.8 Å². The molecule has 0 unspecified atom stereocenters. The van der Waals surface area contributed by atoms with Crippen LogP contribution in [0.4, 0.5) is 0 Å². The van der Waals surface area contributed by atoms with Crippen molar-refractivity contribution in [3.05, 3.63) is 40.2 Å². The summed E-state index contributed by atoms with van der Waals surface area (Å²) in [4.78, 5) is 23.2. The smallest absolute Gasteiger partial charge is 0.252 e. The zero-order valence-corrected chi connectivity index (χ0v) is 20.0. The van der Waals surface area contributed by atoms with E-state index in [2.05, 4.69) is 20.2 Å². The summed E-state index contributed by atoms with van der Waals surface area (Å²) in [6.45, 7) is 8.19. The van der Waals surface area contributed by atoms with Crippen LogP contribution in [-0.2, 0) is 27.6 Å². The minimum Gasteiger partial charge on any atom is -0.341 e. The Morgan fingerprint density at radius 3 is 2.59 bits per heavy atom. The van der Waals surface area contributed by atoms with Gasteiger partial charge in [-0.25, -0.2) is 17.9 Å². The Morgan fingerprint density at radius 2 is 1.91 bits per heavy atom. The van der Waals surface area contributed by atoms with Gasteiger partial charge in [0, 0.05) is 42.7 Å². The van der Waals surface area contributed by atoms with E-state index in [0.717, 1.165) is 33.9 Å². The molecule has 1 amide bonds. The number of hydrogen-bond acceptors (Lipinski definition) is 7. The van der Waals surface area contributed by atoms with Gasteiger partial charge in [-0.2, -0.15) is 15.2 Å². The zero-order valence-electron chi connectivity index (χ0n) is 19.2. The molecule has 0 spiro atoms. The molecule has 172 valence electrons. The Balaban J connectivity index is 1.45. The predicted molar refractivity (Wildman–Crippen MR) is 119 cm³/mol. The van der Waals surface area contributed by atoms with Gasteiger partial charge in [-0.15, -0.1) is 0 Å². The number of amides is 1. The molecule has 1 aliphatic rings. The highest BCUT2D eigenvalue weighted by molar-refractivity contribution is 7.91. The van der Waals surface area contributed by atoms with E-state index >= 15 is 0 Å². The van der Waals surface area contributed by atoms with Gasteiger partial charge in [-0.1, -0.05) is 0 Å². The highest BCUT2D eigenvalue weighted by Gasteiger charge is 2.31. The van der Waals surface area contributed by atoms with Gasteiger partial charge in [-0.05, 0) is 46.1 Å². The second kappa shape index (κ2) is 8.27. The maximum atomic E-state index is 12.9. The third kappa shape index (κ3) is 4.13. The van der Waals surface area contributed by atoms with Crippen LogP contribution in [0.25, 0.3) is 5.78 Å². The van der Waals surface area contributed by atoms with Crippen molar-refractivity contribution in [3.63, 3.8) is 0 Å². The molecule has 0 radical (unpaired) electrons. The van der Waals surface area contributed by atoms with Crippen LogP contribution in [0.2, 0.25) is 0 Å². The first-order valence-electron chi connectivity index (χ1n) is 10.7. The summed E-state index contributed by atoms with van der Waals surface area (Å²) in [7, 11) is -1.20. The number of hydrogen-bond donors (Lipinski definition) is 0. The van der Waals surface area contributed by atoms with E-state index in [1.807, 2.05) is 32.4 Å². The summed E-state index contributed by atoms with van der Waals surface area (Å²) >= 11 is 0. The molecule has 32 heavy (non-hydrogen) atoms. The lowest BCUT2D eigenvalue weighted by atomic mass is 10.1. The molecule has 3 aromatic heterocycles. The van der Waals surface area contributed by atoms with E-state index in [1.54, 1.807) is 16.5 Å². The summed E-state index contributed by atoms with van der Waals surface area (Å²) in [6.07, 6.45) is 2.98. The lowest BCUT2D eigenvalue weighted by Gasteiger charge is -2.19. The summed E-state index contributed by atoms with van der Waals surface area (Å²) in [6, 6.07) is -0.126. The quantitative estimate of drug-likeness (QED) is 0.549. The topological polar surface area (TPSA) is 115 Å².